The maximum atomic E-state index is 2.96. The van der Waals surface area contributed by atoms with Crippen molar-refractivity contribution in [1.29, 1.82) is 0 Å². The topological polar surface area (TPSA) is 0 Å². The molecule has 3 fully saturated rings. The summed E-state index contributed by atoms with van der Waals surface area (Å²) in [6.07, 6.45) is 14.2. The molecule has 0 aliphatic heterocycles. The van der Waals surface area contributed by atoms with Gasteiger partial charge in [0.2, 0.25) is 0 Å². The summed E-state index contributed by atoms with van der Waals surface area (Å²) in [5.41, 5.74) is 0. The van der Waals surface area contributed by atoms with Crippen molar-refractivity contribution in [2.45, 2.75) is 95.3 Å². The Morgan fingerprint density at radius 2 is 0.850 bits per heavy atom. The molecule has 3 rings (SSSR count). The van der Waals surface area contributed by atoms with Crippen LogP contribution in [-0.2, 0) is 0 Å². The molecular formula is C19H36Sn. The van der Waals surface area contributed by atoms with E-state index in [4.69, 9.17) is 0 Å². The summed E-state index contributed by atoms with van der Waals surface area (Å²) >= 11 is -2.06. The summed E-state index contributed by atoms with van der Waals surface area (Å²) in [5.74, 6) is 3.24. The van der Waals surface area contributed by atoms with Crippen molar-refractivity contribution in [2.24, 2.45) is 17.8 Å². The number of hydrogen-bond donors (Lipinski definition) is 0. The molecule has 3 saturated carbocycles. The molecule has 0 nitrogen and oxygen atoms in total. The molecule has 0 bridgehead atoms. The summed E-state index contributed by atoms with van der Waals surface area (Å²) in [6.45, 7) is 7.85. The van der Waals surface area contributed by atoms with Gasteiger partial charge in [0.1, 0.15) is 0 Å². The minimum atomic E-state index is -2.06. The molecule has 6 unspecified atom stereocenters. The molecule has 0 heterocycles. The van der Waals surface area contributed by atoms with Crippen LogP contribution in [0.1, 0.15) is 78.6 Å². The summed E-state index contributed by atoms with van der Waals surface area (Å²) < 4.78 is 3.71. The molecule has 6 atom stereocenters. The van der Waals surface area contributed by atoms with E-state index in [-0.39, 0.29) is 0 Å². The molecular weight excluding hydrogens is 347 g/mol. The Morgan fingerprint density at radius 1 is 0.550 bits per heavy atom. The van der Waals surface area contributed by atoms with E-state index in [1.165, 1.54) is 11.8 Å². The minimum absolute atomic E-state index is 1.08. The molecule has 0 saturated heterocycles. The summed E-state index contributed by atoms with van der Waals surface area (Å²) in [5, 5.41) is 0. The van der Waals surface area contributed by atoms with Crippen LogP contribution >= 0.6 is 0 Å². The Hall–Kier alpha value is 0.799. The second-order valence-corrected chi connectivity index (χ2v) is 23.1. The van der Waals surface area contributed by atoms with Crippen LogP contribution in [0.5, 0.6) is 0 Å². The molecule has 0 N–H and O–H groups in total. The predicted octanol–water partition coefficient (Wildman–Crippen LogP) is 6.64. The first kappa shape index (κ1) is 15.7. The van der Waals surface area contributed by atoms with Crippen molar-refractivity contribution in [3.8, 4) is 0 Å². The number of hydrogen-bond acceptors (Lipinski definition) is 0. The molecule has 20 heavy (non-hydrogen) atoms. The Balaban J connectivity index is 1.93. The van der Waals surface area contributed by atoms with E-state index in [0.29, 0.717) is 0 Å². The zero-order chi connectivity index (χ0) is 14.3. The van der Waals surface area contributed by atoms with Crippen molar-refractivity contribution in [1.82, 2.24) is 0 Å². The van der Waals surface area contributed by atoms with Gasteiger partial charge in [-0.3, -0.25) is 0 Å². The van der Waals surface area contributed by atoms with Crippen LogP contribution in [0.4, 0.5) is 0 Å². The van der Waals surface area contributed by atoms with Gasteiger partial charge >= 0.3 is 131 Å². The van der Waals surface area contributed by atoms with Crippen molar-refractivity contribution in [2.75, 3.05) is 0 Å². The molecule has 0 spiro atoms. The second kappa shape index (κ2) is 6.12. The van der Waals surface area contributed by atoms with E-state index in [2.05, 4.69) is 25.7 Å². The molecule has 0 radical (unpaired) electrons. The molecule has 0 aromatic heterocycles. The number of rotatable bonds is 3. The molecule has 3 aliphatic rings. The Labute approximate surface area is 131 Å². The van der Waals surface area contributed by atoms with Gasteiger partial charge in [0, 0.05) is 0 Å². The summed E-state index contributed by atoms with van der Waals surface area (Å²) in [4.78, 5) is 2.96. The standard InChI is InChI=1S/3C6H11.CH3.Sn/c3*1-6-4-2-3-5-6;;/h3*4,6H,2-3,5H2,1H3;1H3;. The summed E-state index contributed by atoms with van der Waals surface area (Å²) in [6, 6.07) is 0. The van der Waals surface area contributed by atoms with Gasteiger partial charge in [-0.05, 0) is 0 Å². The second-order valence-electron chi connectivity index (χ2n) is 8.91. The van der Waals surface area contributed by atoms with Gasteiger partial charge in [-0.25, -0.2) is 0 Å². The van der Waals surface area contributed by atoms with Crippen molar-refractivity contribution < 1.29 is 0 Å². The van der Waals surface area contributed by atoms with E-state index >= 15 is 0 Å². The predicted molar refractivity (Wildman–Crippen MR) is 91.9 cm³/mol. The van der Waals surface area contributed by atoms with Gasteiger partial charge in [0.05, 0.1) is 0 Å². The Kier molecular flexibility index (Phi) is 4.80. The molecule has 0 aromatic carbocycles. The average molecular weight is 383 g/mol. The van der Waals surface area contributed by atoms with Gasteiger partial charge in [-0.1, -0.05) is 0 Å². The molecule has 1 heteroatoms. The van der Waals surface area contributed by atoms with Crippen LogP contribution in [0.25, 0.3) is 0 Å². The summed E-state index contributed by atoms with van der Waals surface area (Å²) in [7, 11) is 0. The average Bonchev–Trinajstić information content (AvgIpc) is 3.10. The van der Waals surface area contributed by atoms with E-state index in [1.807, 2.05) is 0 Å². The third-order valence-electron chi connectivity index (χ3n) is 7.98. The SMILES string of the molecule is CC1CCC[CH]1[Sn]([CH3])([CH]1CCCC1C)[CH]1CCCC1C. The first-order valence-corrected chi connectivity index (χ1v) is 17.3. The zero-order valence-corrected chi connectivity index (χ0v) is 17.2. The van der Waals surface area contributed by atoms with Crippen LogP contribution < -0.4 is 0 Å². The third-order valence-corrected chi connectivity index (χ3v) is 29.0. The quantitative estimate of drug-likeness (QED) is 0.480. The molecule has 0 amide bonds. The van der Waals surface area contributed by atoms with Crippen molar-refractivity contribution >= 4 is 18.4 Å². The van der Waals surface area contributed by atoms with Gasteiger partial charge < -0.3 is 0 Å². The van der Waals surface area contributed by atoms with E-state index in [1.54, 1.807) is 57.8 Å². The molecule has 116 valence electrons. The molecule has 0 aromatic rings. The van der Waals surface area contributed by atoms with Crippen LogP contribution in [0.15, 0.2) is 0 Å². The van der Waals surface area contributed by atoms with Gasteiger partial charge in [-0.15, -0.1) is 0 Å². The van der Waals surface area contributed by atoms with E-state index < -0.39 is 18.4 Å². The normalized spacial score (nSPS) is 48.6. The first-order chi connectivity index (χ1) is 9.55. The monoisotopic (exact) mass is 384 g/mol. The van der Waals surface area contributed by atoms with E-state index in [9.17, 15) is 0 Å². The van der Waals surface area contributed by atoms with Crippen molar-refractivity contribution in [3.63, 3.8) is 0 Å². The van der Waals surface area contributed by atoms with Gasteiger partial charge in [0.15, 0.2) is 0 Å². The van der Waals surface area contributed by atoms with Crippen LogP contribution in [0.2, 0.25) is 16.7 Å². The van der Waals surface area contributed by atoms with Crippen LogP contribution in [0, 0.1) is 17.8 Å². The fourth-order valence-corrected chi connectivity index (χ4v) is 30.7. The fourth-order valence-electron chi connectivity index (χ4n) is 7.03. The third kappa shape index (κ3) is 2.50. The van der Waals surface area contributed by atoms with Gasteiger partial charge in [0.25, 0.3) is 0 Å². The van der Waals surface area contributed by atoms with Crippen LogP contribution in [-0.4, -0.2) is 18.4 Å². The molecule has 3 aliphatic carbocycles. The first-order valence-electron chi connectivity index (χ1n) is 9.55. The van der Waals surface area contributed by atoms with Crippen LogP contribution in [0.3, 0.4) is 0 Å². The zero-order valence-electron chi connectivity index (χ0n) is 14.3. The van der Waals surface area contributed by atoms with E-state index in [0.717, 1.165) is 17.8 Å². The Morgan fingerprint density at radius 3 is 1.05 bits per heavy atom. The Bertz CT molecular complexity index is 286. The van der Waals surface area contributed by atoms with Gasteiger partial charge in [-0.2, -0.15) is 0 Å². The van der Waals surface area contributed by atoms with Crippen molar-refractivity contribution in [3.05, 3.63) is 0 Å². The fraction of sp³-hybridized carbons (Fsp3) is 1.00. The maximum absolute atomic E-state index is 2.96.